The van der Waals surface area contributed by atoms with E-state index in [0.29, 0.717) is 11.3 Å². The number of ether oxygens (including phenoxy) is 1. The summed E-state index contributed by atoms with van der Waals surface area (Å²) in [6.07, 6.45) is 0.658. The molecule has 0 spiro atoms. The second kappa shape index (κ2) is 10.2. The number of nitrogens with zero attached hydrogens (tertiary/aromatic N) is 1. The maximum Gasteiger partial charge on any atom is 0.240 e. The Morgan fingerprint density at radius 1 is 1.06 bits per heavy atom. The summed E-state index contributed by atoms with van der Waals surface area (Å²) in [4.78, 5) is 5.68. The van der Waals surface area contributed by atoms with Crippen molar-refractivity contribution in [2.75, 3.05) is 13.7 Å². The van der Waals surface area contributed by atoms with Crippen LogP contribution in [0.5, 0.6) is 5.75 Å². The maximum atomic E-state index is 13.7. The highest BCUT2D eigenvalue weighted by molar-refractivity contribution is 7.89. The standard InChI is InChI=1S/C23H23FN2O4S/c1-17-6-12-22(13-7-17)31(27,28)26-16-23(19-4-3-5-20(24)14-19)30-25-15-18-8-10-21(29-2)11-9-18/h3-15,23,26H,16H2,1-2H3/b25-15+. The Kier molecular flexibility index (Phi) is 7.38. The molecule has 31 heavy (non-hydrogen) atoms. The Labute approximate surface area is 181 Å². The molecule has 3 aromatic rings. The van der Waals surface area contributed by atoms with Crippen LogP contribution >= 0.6 is 0 Å². The summed E-state index contributed by atoms with van der Waals surface area (Å²) in [5.41, 5.74) is 2.17. The van der Waals surface area contributed by atoms with Crippen molar-refractivity contribution >= 4 is 16.2 Å². The van der Waals surface area contributed by atoms with E-state index in [0.717, 1.165) is 11.1 Å². The number of halogens is 1. The lowest BCUT2D eigenvalue weighted by Crippen LogP contribution is -2.29. The summed E-state index contributed by atoms with van der Waals surface area (Å²) in [5, 5.41) is 3.97. The van der Waals surface area contributed by atoms with Gasteiger partial charge in [-0.1, -0.05) is 35.0 Å². The van der Waals surface area contributed by atoms with Crippen LogP contribution in [0, 0.1) is 12.7 Å². The first-order valence-corrected chi connectivity index (χ1v) is 11.0. The van der Waals surface area contributed by atoms with Crippen LogP contribution in [-0.4, -0.2) is 28.3 Å². The number of oxime groups is 1. The highest BCUT2D eigenvalue weighted by atomic mass is 32.2. The highest BCUT2D eigenvalue weighted by Gasteiger charge is 2.20. The molecule has 0 bridgehead atoms. The zero-order valence-electron chi connectivity index (χ0n) is 17.2. The number of aryl methyl sites for hydroxylation is 1. The van der Waals surface area contributed by atoms with Gasteiger partial charge in [-0.25, -0.2) is 17.5 Å². The lowest BCUT2D eigenvalue weighted by Gasteiger charge is -2.16. The third-order valence-electron chi connectivity index (χ3n) is 4.52. The van der Waals surface area contributed by atoms with Gasteiger partial charge in [0.15, 0.2) is 6.10 Å². The van der Waals surface area contributed by atoms with Gasteiger partial charge in [-0.15, -0.1) is 0 Å². The number of hydrogen-bond acceptors (Lipinski definition) is 5. The minimum atomic E-state index is -3.76. The molecule has 0 fully saturated rings. The van der Waals surface area contributed by atoms with Gasteiger partial charge in [0.2, 0.25) is 10.0 Å². The Hall–Kier alpha value is -3.23. The zero-order chi connectivity index (χ0) is 22.3. The van der Waals surface area contributed by atoms with Gasteiger partial charge in [-0.2, -0.15) is 0 Å². The predicted octanol–water partition coefficient (Wildman–Crippen LogP) is 4.21. The summed E-state index contributed by atoms with van der Waals surface area (Å²) >= 11 is 0. The molecule has 0 aliphatic carbocycles. The van der Waals surface area contributed by atoms with Gasteiger partial charge in [0, 0.05) is 0 Å². The van der Waals surface area contributed by atoms with Crippen molar-refractivity contribution in [3.05, 3.63) is 95.3 Å². The zero-order valence-corrected chi connectivity index (χ0v) is 18.0. The summed E-state index contributed by atoms with van der Waals surface area (Å²) in [5.74, 6) is 0.257. The molecule has 6 nitrogen and oxygen atoms in total. The molecule has 8 heteroatoms. The van der Waals surface area contributed by atoms with E-state index >= 15 is 0 Å². The van der Waals surface area contributed by atoms with Gasteiger partial charge in [0.25, 0.3) is 0 Å². The minimum absolute atomic E-state index is 0.125. The van der Waals surface area contributed by atoms with Crippen LogP contribution in [0.3, 0.4) is 0 Å². The van der Waals surface area contributed by atoms with Gasteiger partial charge in [0.1, 0.15) is 11.6 Å². The fourth-order valence-corrected chi connectivity index (χ4v) is 3.80. The topological polar surface area (TPSA) is 77.0 Å². The van der Waals surface area contributed by atoms with Crippen LogP contribution < -0.4 is 9.46 Å². The van der Waals surface area contributed by atoms with Gasteiger partial charge >= 0.3 is 0 Å². The molecular weight excluding hydrogens is 419 g/mol. The third-order valence-corrected chi connectivity index (χ3v) is 5.96. The predicted molar refractivity (Wildman–Crippen MR) is 117 cm³/mol. The van der Waals surface area contributed by atoms with E-state index in [1.54, 1.807) is 49.6 Å². The minimum Gasteiger partial charge on any atom is -0.497 e. The maximum absolute atomic E-state index is 13.7. The lowest BCUT2D eigenvalue weighted by atomic mass is 10.1. The van der Waals surface area contributed by atoms with Crippen LogP contribution in [0.1, 0.15) is 22.8 Å². The Morgan fingerprint density at radius 3 is 2.42 bits per heavy atom. The average molecular weight is 443 g/mol. The molecule has 0 aromatic heterocycles. The molecule has 1 atom stereocenters. The van der Waals surface area contributed by atoms with Crippen molar-refractivity contribution in [3.63, 3.8) is 0 Å². The molecule has 1 unspecified atom stereocenters. The van der Waals surface area contributed by atoms with E-state index in [1.807, 2.05) is 6.92 Å². The van der Waals surface area contributed by atoms with Crippen molar-refractivity contribution in [2.45, 2.75) is 17.9 Å². The summed E-state index contributed by atoms with van der Waals surface area (Å²) in [7, 11) is -2.19. The lowest BCUT2D eigenvalue weighted by molar-refractivity contribution is 0.0632. The van der Waals surface area contributed by atoms with E-state index in [9.17, 15) is 12.8 Å². The van der Waals surface area contributed by atoms with Gasteiger partial charge in [-0.3, -0.25) is 0 Å². The van der Waals surface area contributed by atoms with Crippen molar-refractivity contribution in [1.29, 1.82) is 0 Å². The average Bonchev–Trinajstić information content (AvgIpc) is 2.77. The SMILES string of the molecule is COc1ccc(/C=N/OC(CNS(=O)(=O)c2ccc(C)cc2)c2cccc(F)c2)cc1. The molecule has 162 valence electrons. The van der Waals surface area contributed by atoms with Crippen molar-refractivity contribution < 1.29 is 22.4 Å². The van der Waals surface area contributed by atoms with E-state index in [2.05, 4.69) is 9.88 Å². The number of methoxy groups -OCH3 is 1. The Balaban J connectivity index is 1.74. The fourth-order valence-electron chi connectivity index (χ4n) is 2.76. The molecule has 3 rings (SSSR count). The molecule has 0 saturated heterocycles. The second-order valence-corrected chi connectivity index (χ2v) is 8.59. The smallest absolute Gasteiger partial charge is 0.240 e. The summed E-state index contributed by atoms with van der Waals surface area (Å²) < 4.78 is 46.6. The fraction of sp³-hybridized carbons (Fsp3) is 0.174. The first-order chi connectivity index (χ1) is 14.9. The van der Waals surface area contributed by atoms with E-state index < -0.39 is 21.9 Å². The quantitative estimate of drug-likeness (QED) is 0.398. The summed E-state index contributed by atoms with van der Waals surface area (Å²) in [6, 6.07) is 19.4. The molecule has 0 heterocycles. The van der Waals surface area contributed by atoms with Crippen molar-refractivity contribution in [2.24, 2.45) is 5.16 Å². The van der Waals surface area contributed by atoms with Gasteiger partial charge < -0.3 is 9.57 Å². The Bertz CT molecular complexity index is 1130. The largest absolute Gasteiger partial charge is 0.497 e. The molecule has 1 N–H and O–H groups in total. The molecule has 0 radical (unpaired) electrons. The molecule has 3 aromatic carbocycles. The van der Waals surface area contributed by atoms with Crippen LogP contribution in [0.15, 0.2) is 82.8 Å². The molecule has 0 aliphatic heterocycles. The first-order valence-electron chi connectivity index (χ1n) is 9.52. The van der Waals surface area contributed by atoms with Gasteiger partial charge in [0.05, 0.1) is 24.8 Å². The number of nitrogens with one attached hydrogen (secondary N) is 1. The third kappa shape index (κ3) is 6.37. The Morgan fingerprint density at radius 2 is 1.77 bits per heavy atom. The van der Waals surface area contributed by atoms with Crippen LogP contribution in [0.25, 0.3) is 0 Å². The van der Waals surface area contributed by atoms with E-state index in [1.165, 1.54) is 36.5 Å². The van der Waals surface area contributed by atoms with Crippen LogP contribution in [0.4, 0.5) is 4.39 Å². The van der Waals surface area contributed by atoms with Gasteiger partial charge in [-0.05, 0) is 66.6 Å². The van der Waals surface area contributed by atoms with Crippen molar-refractivity contribution in [3.8, 4) is 5.75 Å². The highest BCUT2D eigenvalue weighted by Crippen LogP contribution is 2.20. The van der Waals surface area contributed by atoms with Crippen LogP contribution in [-0.2, 0) is 14.9 Å². The number of benzene rings is 3. The second-order valence-electron chi connectivity index (χ2n) is 6.82. The number of hydrogen-bond donors (Lipinski definition) is 1. The van der Waals surface area contributed by atoms with Crippen molar-refractivity contribution in [1.82, 2.24) is 4.72 Å². The monoisotopic (exact) mass is 442 g/mol. The van der Waals surface area contributed by atoms with E-state index in [-0.39, 0.29) is 11.4 Å². The normalized spacial score (nSPS) is 12.6. The molecular formula is C23H23FN2O4S. The first kappa shape index (κ1) is 22.5. The number of rotatable bonds is 9. The molecule has 0 aliphatic rings. The number of sulfonamides is 1. The molecule has 0 amide bonds. The summed E-state index contributed by atoms with van der Waals surface area (Å²) in [6.45, 7) is 1.75. The van der Waals surface area contributed by atoms with Crippen LogP contribution in [0.2, 0.25) is 0 Å². The molecule has 0 saturated carbocycles. The van der Waals surface area contributed by atoms with E-state index in [4.69, 9.17) is 9.57 Å².